The Hall–Kier alpha value is -2.84. The van der Waals surface area contributed by atoms with Crippen molar-refractivity contribution in [1.82, 2.24) is 9.97 Å². The van der Waals surface area contributed by atoms with Gasteiger partial charge in [0, 0.05) is 0 Å². The number of H-pyrrole nitrogens is 1. The Morgan fingerprint density at radius 3 is 2.70 bits per heavy atom. The van der Waals surface area contributed by atoms with Crippen LogP contribution in [0, 0.1) is 6.92 Å². The molecule has 30 heavy (non-hydrogen) atoms. The molecule has 0 bridgehead atoms. The Kier molecular flexibility index (Phi) is 6.79. The van der Waals surface area contributed by atoms with Gasteiger partial charge in [0.25, 0.3) is 5.56 Å². The minimum absolute atomic E-state index is 0.207. The molecule has 0 aliphatic carbocycles. The fraction of sp³-hybridized carbons (Fsp3) is 0.286. The summed E-state index contributed by atoms with van der Waals surface area (Å²) in [6, 6.07) is 5.38. The summed E-state index contributed by atoms with van der Waals surface area (Å²) in [4.78, 5) is 32.7. The van der Waals surface area contributed by atoms with Gasteiger partial charge in [0.1, 0.15) is 9.71 Å². The first-order chi connectivity index (χ1) is 14.4. The number of thiophene rings is 1. The summed E-state index contributed by atoms with van der Waals surface area (Å²) in [6.45, 7) is 6.09. The number of ether oxygens (including phenoxy) is 3. The van der Waals surface area contributed by atoms with Crippen molar-refractivity contribution in [2.45, 2.75) is 20.8 Å². The maximum atomic E-state index is 12.6. The number of esters is 1. The molecule has 0 radical (unpaired) electrons. The molecule has 0 amide bonds. The highest BCUT2D eigenvalue weighted by Crippen LogP contribution is 2.31. The predicted molar refractivity (Wildman–Crippen MR) is 119 cm³/mol. The van der Waals surface area contributed by atoms with Crippen LogP contribution in [0.25, 0.3) is 21.3 Å². The lowest BCUT2D eigenvalue weighted by molar-refractivity contribution is 0.0531. The molecule has 0 unspecified atom stereocenters. The van der Waals surface area contributed by atoms with Crippen LogP contribution < -0.4 is 15.0 Å². The van der Waals surface area contributed by atoms with Crippen LogP contribution in [-0.4, -0.2) is 36.3 Å². The molecule has 7 nitrogen and oxygen atoms in total. The summed E-state index contributed by atoms with van der Waals surface area (Å²) in [5.41, 5.74) is 0.929. The number of methoxy groups -OCH3 is 1. The molecule has 1 aromatic carbocycles. The van der Waals surface area contributed by atoms with Crippen LogP contribution in [0.15, 0.2) is 23.0 Å². The van der Waals surface area contributed by atoms with Crippen molar-refractivity contribution in [3.63, 3.8) is 0 Å². The number of rotatable bonds is 7. The average Bonchev–Trinajstić information content (AvgIpc) is 3.06. The number of aryl methyl sites for hydroxylation is 1. The maximum Gasteiger partial charge on any atom is 0.348 e. The second kappa shape index (κ2) is 9.32. The van der Waals surface area contributed by atoms with Gasteiger partial charge in [-0.1, -0.05) is 17.7 Å². The molecule has 3 rings (SSSR count). The van der Waals surface area contributed by atoms with Crippen molar-refractivity contribution in [2.75, 3.05) is 20.3 Å². The van der Waals surface area contributed by atoms with E-state index in [1.807, 2.05) is 13.0 Å². The van der Waals surface area contributed by atoms with Crippen molar-refractivity contribution in [2.24, 2.45) is 0 Å². The van der Waals surface area contributed by atoms with E-state index in [1.165, 1.54) is 0 Å². The summed E-state index contributed by atoms with van der Waals surface area (Å²) >= 11 is 7.55. The Morgan fingerprint density at radius 2 is 2.03 bits per heavy atom. The summed E-state index contributed by atoms with van der Waals surface area (Å²) in [7, 11) is 1.56. The minimum atomic E-state index is -0.470. The Balaban J connectivity index is 2.02. The van der Waals surface area contributed by atoms with Gasteiger partial charge in [0.05, 0.1) is 30.7 Å². The monoisotopic (exact) mass is 448 g/mol. The van der Waals surface area contributed by atoms with Crippen LogP contribution in [0.2, 0.25) is 0 Å². The minimum Gasteiger partial charge on any atom is -0.493 e. The van der Waals surface area contributed by atoms with Crippen LogP contribution in [-0.2, 0) is 4.74 Å². The normalized spacial score (nSPS) is 11.6. The lowest BCUT2D eigenvalue weighted by Gasteiger charge is -2.09. The van der Waals surface area contributed by atoms with Gasteiger partial charge in [0.15, 0.2) is 17.3 Å². The van der Waals surface area contributed by atoms with E-state index in [0.29, 0.717) is 38.8 Å². The number of hydrogen-bond donors (Lipinski definition) is 1. The molecule has 2 aromatic heterocycles. The quantitative estimate of drug-likeness (QED) is 0.530. The smallest absolute Gasteiger partial charge is 0.348 e. The standard InChI is InChI=1S/C21H21ClN2O5S/c1-5-28-14-8-7-12(10-15(14)27-4)9-13(22)18-23-19(25)16-11(3)17(21(26)29-6-2)30-20(16)24-18/h7-10H,5-6H2,1-4H3,(H,23,24,25)/b13-9-. The highest BCUT2D eigenvalue weighted by molar-refractivity contribution is 7.20. The predicted octanol–water partition coefficient (Wildman–Crippen LogP) is 4.61. The summed E-state index contributed by atoms with van der Waals surface area (Å²) in [6.07, 6.45) is 1.66. The van der Waals surface area contributed by atoms with Crippen molar-refractivity contribution in [1.29, 1.82) is 0 Å². The topological polar surface area (TPSA) is 90.5 Å². The van der Waals surface area contributed by atoms with Crippen molar-refractivity contribution in [3.05, 3.63) is 50.4 Å². The van der Waals surface area contributed by atoms with Gasteiger partial charge in [-0.15, -0.1) is 11.3 Å². The maximum absolute atomic E-state index is 12.6. The molecule has 0 aliphatic rings. The highest BCUT2D eigenvalue weighted by atomic mass is 35.5. The van der Waals surface area contributed by atoms with Gasteiger partial charge in [-0.3, -0.25) is 4.79 Å². The molecule has 0 fully saturated rings. The van der Waals surface area contributed by atoms with Gasteiger partial charge < -0.3 is 19.2 Å². The highest BCUT2D eigenvalue weighted by Gasteiger charge is 2.20. The number of aromatic nitrogens is 2. The first-order valence-corrected chi connectivity index (χ1v) is 10.5. The SMILES string of the molecule is CCOC(=O)c1sc2nc(/C(Cl)=C/c3ccc(OCC)c(OC)c3)[nH]c(=O)c2c1C. The second-order valence-electron chi connectivity index (χ2n) is 6.21. The number of nitrogens with zero attached hydrogens (tertiary/aromatic N) is 1. The van der Waals surface area contributed by atoms with Crippen molar-refractivity contribution in [3.8, 4) is 11.5 Å². The third-order valence-corrected chi connectivity index (χ3v) is 5.72. The summed E-state index contributed by atoms with van der Waals surface area (Å²) in [5, 5.41) is 0.600. The van der Waals surface area contributed by atoms with Crippen molar-refractivity contribution >= 4 is 50.2 Å². The molecule has 2 heterocycles. The number of nitrogens with one attached hydrogen (secondary N) is 1. The average molecular weight is 449 g/mol. The summed E-state index contributed by atoms with van der Waals surface area (Å²) in [5.74, 6) is 0.933. The van der Waals surface area contributed by atoms with E-state index in [4.69, 9.17) is 25.8 Å². The zero-order valence-corrected chi connectivity index (χ0v) is 18.6. The van der Waals surface area contributed by atoms with E-state index in [1.54, 1.807) is 39.2 Å². The van der Waals surface area contributed by atoms with Crippen LogP contribution >= 0.6 is 22.9 Å². The van der Waals surface area contributed by atoms with Crippen molar-refractivity contribution < 1.29 is 19.0 Å². The third-order valence-electron chi connectivity index (χ3n) is 4.27. The summed E-state index contributed by atoms with van der Waals surface area (Å²) < 4.78 is 15.9. The van der Waals surface area contributed by atoms with E-state index in [-0.39, 0.29) is 23.0 Å². The fourth-order valence-electron chi connectivity index (χ4n) is 2.91. The Morgan fingerprint density at radius 1 is 1.27 bits per heavy atom. The van der Waals surface area contributed by atoms with Crippen LogP contribution in [0.4, 0.5) is 0 Å². The molecule has 9 heteroatoms. The first-order valence-electron chi connectivity index (χ1n) is 9.28. The zero-order chi connectivity index (χ0) is 21.8. The van der Waals surface area contributed by atoms with Gasteiger partial charge in [-0.25, -0.2) is 9.78 Å². The van der Waals surface area contributed by atoms with Gasteiger partial charge >= 0.3 is 5.97 Å². The van der Waals surface area contributed by atoms with E-state index < -0.39 is 5.97 Å². The van der Waals surface area contributed by atoms with E-state index >= 15 is 0 Å². The van der Waals surface area contributed by atoms with Gasteiger partial charge in [-0.05, 0) is 50.1 Å². The van der Waals surface area contributed by atoms with Gasteiger partial charge in [0.2, 0.25) is 0 Å². The number of carbonyl (C=O) groups excluding carboxylic acids is 1. The first kappa shape index (κ1) is 21.9. The molecule has 3 aromatic rings. The number of hydrogen-bond acceptors (Lipinski definition) is 7. The van der Waals surface area contributed by atoms with E-state index in [0.717, 1.165) is 16.9 Å². The molecular formula is C21H21ClN2O5S. The zero-order valence-electron chi connectivity index (χ0n) is 17.0. The Labute approximate surface area is 182 Å². The lowest BCUT2D eigenvalue weighted by Crippen LogP contribution is -2.11. The number of benzene rings is 1. The number of carbonyl (C=O) groups is 1. The van der Waals surface area contributed by atoms with Gasteiger partial charge in [-0.2, -0.15) is 0 Å². The van der Waals surface area contributed by atoms with E-state index in [9.17, 15) is 9.59 Å². The van der Waals surface area contributed by atoms with Crippen LogP contribution in [0.1, 0.15) is 40.5 Å². The molecule has 0 aliphatic heterocycles. The molecule has 0 atom stereocenters. The number of aromatic amines is 1. The Bertz CT molecular complexity index is 1180. The lowest BCUT2D eigenvalue weighted by atomic mass is 10.2. The molecule has 0 spiro atoms. The van der Waals surface area contributed by atoms with Crippen LogP contribution in [0.3, 0.4) is 0 Å². The molecular weight excluding hydrogens is 428 g/mol. The third kappa shape index (κ3) is 4.34. The number of fused-ring (bicyclic) bond motifs is 1. The van der Waals surface area contributed by atoms with Crippen LogP contribution in [0.5, 0.6) is 11.5 Å². The molecule has 0 saturated heterocycles. The number of halogens is 1. The van der Waals surface area contributed by atoms with E-state index in [2.05, 4.69) is 9.97 Å². The largest absolute Gasteiger partial charge is 0.493 e. The molecule has 0 saturated carbocycles. The second-order valence-corrected chi connectivity index (χ2v) is 7.61. The molecule has 158 valence electrons. The fourth-order valence-corrected chi connectivity index (χ4v) is 4.20. The molecule has 1 N–H and O–H groups in total.